The van der Waals surface area contributed by atoms with Crippen LogP contribution in [0.2, 0.25) is 0 Å². The number of hydrogen-bond donors (Lipinski definition) is 0. The quantitative estimate of drug-likeness (QED) is 0.183. The molecular weight excluding hydrogens is 615 g/mol. The normalized spacial score (nSPS) is 14.6. The summed E-state index contributed by atoms with van der Waals surface area (Å²) in [6.07, 6.45) is -2.73. The van der Waals surface area contributed by atoms with Crippen LogP contribution in [-0.4, -0.2) is 79.3 Å². The highest BCUT2D eigenvalue weighted by Gasteiger charge is 2.33. The van der Waals surface area contributed by atoms with Crippen LogP contribution in [0.3, 0.4) is 0 Å². The van der Waals surface area contributed by atoms with E-state index < -0.39 is 17.7 Å². The maximum absolute atomic E-state index is 13.5. The van der Waals surface area contributed by atoms with Gasteiger partial charge in [-0.25, -0.2) is 0 Å². The highest BCUT2D eigenvalue weighted by atomic mass is 32.2. The van der Waals surface area contributed by atoms with Crippen molar-refractivity contribution in [2.75, 3.05) is 57.4 Å². The van der Waals surface area contributed by atoms with Crippen molar-refractivity contribution in [3.63, 3.8) is 0 Å². The Morgan fingerprint density at radius 1 is 1.00 bits per heavy atom. The third-order valence-corrected chi connectivity index (χ3v) is 8.36. The molecule has 2 aromatic carbocycles. The maximum Gasteiger partial charge on any atom is 0.416 e. The number of esters is 1. The van der Waals surface area contributed by atoms with Crippen molar-refractivity contribution in [1.29, 1.82) is 0 Å². The molecule has 1 fully saturated rings. The van der Waals surface area contributed by atoms with E-state index in [1.807, 2.05) is 29.2 Å². The number of benzene rings is 2. The van der Waals surface area contributed by atoms with E-state index in [1.165, 1.54) is 17.8 Å². The zero-order valence-electron chi connectivity index (χ0n) is 24.1. The van der Waals surface area contributed by atoms with Crippen LogP contribution in [-0.2, 0) is 20.5 Å². The standard InChI is InChI=1S/C30H30F3N5O6S/c31-30(32,33)22-8-9-26-24(20-22)37(23-6-1-2-7-25(23)45-26)13-5-12-35-14-16-36(17-15-35)28(39)10-11-29(40)43-19-4-3-18-42-27-21-38(41)44-34-27/h1-2,6-9,20-21H,5,10-19H2. The first-order valence-corrected chi connectivity index (χ1v) is 15.1. The van der Waals surface area contributed by atoms with Gasteiger partial charge < -0.3 is 24.5 Å². The lowest BCUT2D eigenvalue weighted by atomic mass is 10.1. The molecule has 1 amide bonds. The monoisotopic (exact) mass is 645 g/mol. The van der Waals surface area contributed by atoms with Crippen LogP contribution < -0.4 is 14.5 Å². The molecule has 1 saturated heterocycles. The third kappa shape index (κ3) is 8.61. The van der Waals surface area contributed by atoms with E-state index in [9.17, 15) is 28.0 Å². The number of carbonyl (C=O) groups is 2. The Balaban J connectivity index is 1.02. The number of hydrogen-bond acceptors (Lipinski definition) is 10. The minimum atomic E-state index is -4.42. The van der Waals surface area contributed by atoms with E-state index in [4.69, 9.17) is 9.47 Å². The molecule has 238 valence electrons. The van der Waals surface area contributed by atoms with E-state index >= 15 is 0 Å². The van der Waals surface area contributed by atoms with E-state index in [0.717, 1.165) is 40.7 Å². The fourth-order valence-electron chi connectivity index (χ4n) is 4.97. The molecule has 0 saturated carbocycles. The second-order valence-corrected chi connectivity index (χ2v) is 11.3. The number of alkyl halides is 3. The van der Waals surface area contributed by atoms with Crippen molar-refractivity contribution in [1.82, 2.24) is 15.0 Å². The van der Waals surface area contributed by atoms with Gasteiger partial charge in [-0.2, -0.15) is 13.2 Å². The summed E-state index contributed by atoms with van der Waals surface area (Å²) in [5, 5.41) is 14.1. The lowest BCUT2D eigenvalue weighted by Crippen LogP contribution is -2.49. The molecule has 2 aliphatic rings. The molecule has 3 heterocycles. The number of piperazine rings is 1. The Kier molecular flexibility index (Phi) is 10.4. The molecule has 0 aliphatic carbocycles. The summed E-state index contributed by atoms with van der Waals surface area (Å²) >= 11 is 1.47. The molecule has 0 radical (unpaired) electrons. The number of nitrogens with zero attached hydrogens (tertiary/aromatic N) is 5. The largest absolute Gasteiger partial charge is 0.452 e. The Bertz CT molecular complexity index is 1570. The van der Waals surface area contributed by atoms with Crippen molar-refractivity contribution in [2.45, 2.75) is 35.2 Å². The second-order valence-electron chi connectivity index (χ2n) is 10.2. The second kappa shape index (κ2) is 14.6. The number of halogens is 3. The van der Waals surface area contributed by atoms with Gasteiger partial charge >= 0.3 is 18.0 Å². The van der Waals surface area contributed by atoms with Crippen molar-refractivity contribution in [2.24, 2.45) is 0 Å². The first-order valence-electron chi connectivity index (χ1n) is 14.2. The van der Waals surface area contributed by atoms with Crippen LogP contribution in [0.4, 0.5) is 24.5 Å². The van der Waals surface area contributed by atoms with Crippen molar-refractivity contribution in [3.05, 3.63) is 59.4 Å². The third-order valence-electron chi connectivity index (χ3n) is 7.23. The maximum atomic E-state index is 13.5. The Labute approximate surface area is 261 Å². The van der Waals surface area contributed by atoms with E-state index in [0.29, 0.717) is 38.4 Å². The van der Waals surface area contributed by atoms with Crippen LogP contribution >= 0.6 is 11.8 Å². The van der Waals surface area contributed by atoms with Crippen LogP contribution in [0.25, 0.3) is 0 Å². The molecule has 1 aromatic heterocycles. The molecule has 0 atom stereocenters. The SMILES string of the molecule is O=C(CCC(=O)N1CCN(CCCN2c3ccccc3Sc3ccc(C(F)(F)F)cc32)CC1)OCC#CCOc1c[n+]([O-])on1. The number of aromatic nitrogens is 2. The molecule has 3 aromatic rings. The zero-order chi connectivity index (χ0) is 31.8. The van der Waals surface area contributed by atoms with Crippen LogP contribution in [0.1, 0.15) is 24.8 Å². The van der Waals surface area contributed by atoms with Gasteiger partial charge in [-0.1, -0.05) is 35.7 Å². The summed E-state index contributed by atoms with van der Waals surface area (Å²) in [6.45, 7) is 3.43. The summed E-state index contributed by atoms with van der Waals surface area (Å²) in [7, 11) is 0. The van der Waals surface area contributed by atoms with E-state index in [-0.39, 0.29) is 42.7 Å². The fraction of sp³-hybridized carbons (Fsp3) is 0.400. The number of rotatable bonds is 10. The number of fused-ring (bicyclic) bond motifs is 2. The predicted octanol–water partition coefficient (Wildman–Crippen LogP) is 3.87. The Hall–Kier alpha value is -4.42. The highest BCUT2D eigenvalue weighted by Crippen LogP contribution is 2.49. The summed E-state index contributed by atoms with van der Waals surface area (Å²) in [5.74, 6) is 4.51. The molecule has 0 unspecified atom stereocenters. The number of anilines is 2. The van der Waals surface area contributed by atoms with Crippen LogP contribution in [0.5, 0.6) is 5.88 Å². The lowest BCUT2D eigenvalue weighted by molar-refractivity contribution is -0.802. The van der Waals surface area contributed by atoms with Gasteiger partial charge in [-0.05, 0) is 48.2 Å². The van der Waals surface area contributed by atoms with Gasteiger partial charge in [0.25, 0.3) is 0 Å². The zero-order valence-corrected chi connectivity index (χ0v) is 24.9. The number of carbonyl (C=O) groups excluding carboxylic acids is 2. The summed E-state index contributed by atoms with van der Waals surface area (Å²) < 4.78 is 54.8. The van der Waals surface area contributed by atoms with Gasteiger partial charge in [0.2, 0.25) is 12.1 Å². The summed E-state index contributed by atoms with van der Waals surface area (Å²) in [6, 6.07) is 11.6. The molecule has 0 bridgehead atoms. The average molecular weight is 646 g/mol. The Morgan fingerprint density at radius 2 is 1.76 bits per heavy atom. The topological polar surface area (TPSA) is 115 Å². The number of amides is 1. The van der Waals surface area contributed by atoms with Gasteiger partial charge in [0.1, 0.15) is 0 Å². The predicted molar refractivity (Wildman–Crippen MR) is 156 cm³/mol. The smallest absolute Gasteiger partial charge is 0.416 e. The van der Waals surface area contributed by atoms with Gasteiger partial charge in [-0.3, -0.25) is 19.1 Å². The minimum Gasteiger partial charge on any atom is -0.452 e. The first-order chi connectivity index (χ1) is 21.7. The highest BCUT2D eigenvalue weighted by molar-refractivity contribution is 7.99. The molecular formula is C30H30F3N5O6S. The number of ether oxygens (including phenoxy) is 2. The molecule has 5 rings (SSSR count). The summed E-state index contributed by atoms with van der Waals surface area (Å²) in [4.78, 5) is 32.5. The van der Waals surface area contributed by atoms with Crippen molar-refractivity contribution >= 4 is 35.0 Å². The van der Waals surface area contributed by atoms with Gasteiger partial charge in [-0.15, -0.1) is 0 Å². The van der Waals surface area contributed by atoms with Gasteiger partial charge in [0, 0.05) is 48.9 Å². The van der Waals surface area contributed by atoms with Crippen LogP contribution in [0.15, 0.2) is 63.1 Å². The molecule has 0 spiro atoms. The molecule has 2 aliphatic heterocycles. The minimum absolute atomic E-state index is 0.0179. The van der Waals surface area contributed by atoms with E-state index in [1.54, 1.807) is 11.0 Å². The fourth-order valence-corrected chi connectivity index (χ4v) is 6.05. The van der Waals surface area contributed by atoms with Gasteiger partial charge in [0.05, 0.1) is 28.5 Å². The van der Waals surface area contributed by atoms with Gasteiger partial charge in [0.15, 0.2) is 13.2 Å². The summed E-state index contributed by atoms with van der Waals surface area (Å²) in [5.41, 5.74) is 0.789. The van der Waals surface area contributed by atoms with E-state index in [2.05, 4.69) is 26.5 Å². The van der Waals surface area contributed by atoms with Crippen LogP contribution in [0, 0.1) is 17.0 Å². The number of para-hydroxylation sites is 1. The molecule has 15 heteroatoms. The molecule has 45 heavy (non-hydrogen) atoms. The lowest BCUT2D eigenvalue weighted by Gasteiger charge is -2.36. The average Bonchev–Trinajstić information content (AvgIpc) is 3.45. The molecule has 0 N–H and O–H groups in total. The molecule has 11 nitrogen and oxygen atoms in total. The Morgan fingerprint density at radius 3 is 2.51 bits per heavy atom. The van der Waals surface area contributed by atoms with Crippen molar-refractivity contribution in [3.8, 4) is 17.7 Å². The van der Waals surface area contributed by atoms with Crippen molar-refractivity contribution < 1.29 is 41.8 Å². The first kappa shape index (κ1) is 32.0.